The van der Waals surface area contributed by atoms with E-state index in [1.165, 1.54) is 11.2 Å². The monoisotopic (exact) mass is 493 g/mol. The summed E-state index contributed by atoms with van der Waals surface area (Å²) in [6.45, 7) is 2.08. The van der Waals surface area contributed by atoms with Crippen LogP contribution in [0.25, 0.3) is 0 Å². The van der Waals surface area contributed by atoms with Crippen LogP contribution in [-0.4, -0.2) is 39.1 Å². The topological polar surface area (TPSA) is 104 Å². The molecule has 32 heavy (non-hydrogen) atoms. The van der Waals surface area contributed by atoms with E-state index in [4.69, 9.17) is 0 Å². The molecule has 0 aliphatic carbocycles. The lowest BCUT2D eigenvalue weighted by Gasteiger charge is -2.13. The number of nitrogens with one attached hydrogen (secondary N) is 2. The Bertz CT molecular complexity index is 1200. The number of aryl methyl sites for hydroxylation is 1. The Labute approximate surface area is 193 Å². The molecule has 0 unspecified atom stereocenters. The van der Waals surface area contributed by atoms with E-state index in [1.807, 2.05) is 25.1 Å². The summed E-state index contributed by atoms with van der Waals surface area (Å²) in [6, 6.07) is 14.1. The molecule has 2 heterocycles. The van der Waals surface area contributed by atoms with E-state index in [0.29, 0.717) is 29.1 Å². The second-order valence-corrected chi connectivity index (χ2v) is 8.27. The van der Waals surface area contributed by atoms with Crippen molar-refractivity contribution in [1.29, 1.82) is 0 Å². The van der Waals surface area contributed by atoms with Crippen molar-refractivity contribution in [2.75, 3.05) is 17.2 Å². The molecule has 9 heteroatoms. The number of imide groups is 1. The first-order valence-corrected chi connectivity index (χ1v) is 10.8. The summed E-state index contributed by atoms with van der Waals surface area (Å²) in [5, 5.41) is 6.00. The molecular formula is C23H20BrN5O3. The Hall–Kier alpha value is -3.59. The van der Waals surface area contributed by atoms with Gasteiger partial charge in [0.2, 0.25) is 5.91 Å². The molecule has 0 bridgehead atoms. The summed E-state index contributed by atoms with van der Waals surface area (Å²) in [4.78, 5) is 46.6. The van der Waals surface area contributed by atoms with E-state index >= 15 is 0 Å². The predicted molar refractivity (Wildman–Crippen MR) is 124 cm³/mol. The lowest BCUT2D eigenvalue weighted by molar-refractivity contribution is -0.116. The smallest absolute Gasteiger partial charge is 0.261 e. The SMILES string of the molecule is Cc1cc(Nc2ccc(NC(=O)CCCN3C(=O)c4ccc(Br)cc4C3=O)cc2)ncn1. The van der Waals surface area contributed by atoms with Gasteiger partial charge >= 0.3 is 0 Å². The number of amides is 3. The normalized spacial score (nSPS) is 12.6. The van der Waals surface area contributed by atoms with Crippen molar-refractivity contribution in [2.45, 2.75) is 19.8 Å². The van der Waals surface area contributed by atoms with Gasteiger partial charge in [0.05, 0.1) is 11.1 Å². The molecule has 0 atom stereocenters. The van der Waals surface area contributed by atoms with Gasteiger partial charge in [0, 0.05) is 40.6 Å². The maximum absolute atomic E-state index is 12.5. The van der Waals surface area contributed by atoms with Gasteiger partial charge < -0.3 is 10.6 Å². The number of benzene rings is 2. The molecule has 0 radical (unpaired) electrons. The predicted octanol–water partition coefficient (Wildman–Crippen LogP) is 4.31. The fraction of sp³-hybridized carbons (Fsp3) is 0.174. The largest absolute Gasteiger partial charge is 0.340 e. The summed E-state index contributed by atoms with van der Waals surface area (Å²) in [6.07, 6.45) is 2.07. The highest BCUT2D eigenvalue weighted by molar-refractivity contribution is 9.10. The number of carbonyl (C=O) groups is 3. The lowest BCUT2D eigenvalue weighted by Crippen LogP contribution is -2.31. The highest BCUT2D eigenvalue weighted by Gasteiger charge is 2.35. The van der Waals surface area contributed by atoms with E-state index < -0.39 is 0 Å². The molecule has 2 aromatic carbocycles. The maximum atomic E-state index is 12.5. The van der Waals surface area contributed by atoms with Gasteiger partial charge in [-0.3, -0.25) is 19.3 Å². The molecule has 0 saturated carbocycles. The highest BCUT2D eigenvalue weighted by Crippen LogP contribution is 2.26. The van der Waals surface area contributed by atoms with Crippen molar-refractivity contribution in [3.05, 3.63) is 76.2 Å². The highest BCUT2D eigenvalue weighted by atomic mass is 79.9. The Morgan fingerprint density at radius 2 is 1.69 bits per heavy atom. The minimum Gasteiger partial charge on any atom is -0.340 e. The van der Waals surface area contributed by atoms with Crippen LogP contribution in [0.3, 0.4) is 0 Å². The van der Waals surface area contributed by atoms with Crippen molar-refractivity contribution < 1.29 is 14.4 Å². The second-order valence-electron chi connectivity index (χ2n) is 7.35. The first-order chi connectivity index (χ1) is 15.4. The number of hydrogen-bond acceptors (Lipinski definition) is 6. The van der Waals surface area contributed by atoms with Crippen molar-refractivity contribution in [1.82, 2.24) is 14.9 Å². The third kappa shape index (κ3) is 4.83. The molecule has 3 aromatic rings. The maximum Gasteiger partial charge on any atom is 0.261 e. The number of carbonyl (C=O) groups excluding carboxylic acids is 3. The molecule has 1 aromatic heterocycles. The average Bonchev–Trinajstić information content (AvgIpc) is 2.99. The standard InChI is InChI=1S/C23H20BrN5O3/c1-14-11-20(26-13-25-14)27-16-5-7-17(8-6-16)28-21(30)3-2-10-29-22(31)18-9-4-15(24)12-19(18)23(29)32/h4-9,11-13H,2-3,10H2,1H3,(H,28,30)(H,25,26,27). The van der Waals surface area contributed by atoms with Gasteiger partial charge in [0.1, 0.15) is 12.1 Å². The third-order valence-corrected chi connectivity index (χ3v) is 5.46. The summed E-state index contributed by atoms with van der Waals surface area (Å²) in [7, 11) is 0. The van der Waals surface area contributed by atoms with Crippen molar-refractivity contribution >= 4 is 50.8 Å². The van der Waals surface area contributed by atoms with Crippen LogP contribution in [-0.2, 0) is 4.79 Å². The zero-order valence-corrected chi connectivity index (χ0v) is 18.8. The molecule has 0 spiro atoms. The van der Waals surface area contributed by atoms with E-state index in [2.05, 4.69) is 36.5 Å². The molecule has 8 nitrogen and oxygen atoms in total. The molecule has 3 amide bonds. The molecule has 162 valence electrons. The van der Waals surface area contributed by atoms with E-state index in [9.17, 15) is 14.4 Å². The molecule has 0 fully saturated rings. The van der Waals surface area contributed by atoms with E-state index in [0.717, 1.165) is 15.9 Å². The summed E-state index contributed by atoms with van der Waals surface area (Å²) >= 11 is 3.31. The van der Waals surface area contributed by atoms with Gasteiger partial charge in [-0.1, -0.05) is 15.9 Å². The fourth-order valence-corrected chi connectivity index (χ4v) is 3.76. The van der Waals surface area contributed by atoms with Crippen LogP contribution in [0.15, 0.2) is 59.3 Å². The summed E-state index contributed by atoms with van der Waals surface area (Å²) < 4.78 is 0.743. The molecule has 0 saturated heterocycles. The number of hydrogen-bond donors (Lipinski definition) is 2. The number of fused-ring (bicyclic) bond motifs is 1. The van der Waals surface area contributed by atoms with Crippen LogP contribution in [0.1, 0.15) is 39.3 Å². The summed E-state index contributed by atoms with van der Waals surface area (Å²) in [5.41, 5.74) is 3.14. The minimum absolute atomic E-state index is 0.184. The Balaban J connectivity index is 1.26. The van der Waals surface area contributed by atoms with Crippen molar-refractivity contribution in [2.24, 2.45) is 0 Å². The number of anilines is 3. The Morgan fingerprint density at radius 3 is 2.44 bits per heavy atom. The Morgan fingerprint density at radius 1 is 0.969 bits per heavy atom. The van der Waals surface area contributed by atoms with Crippen LogP contribution >= 0.6 is 15.9 Å². The third-order valence-electron chi connectivity index (χ3n) is 4.96. The van der Waals surface area contributed by atoms with Crippen LogP contribution in [0.5, 0.6) is 0 Å². The molecule has 1 aliphatic heterocycles. The van der Waals surface area contributed by atoms with Gasteiger partial charge in [-0.15, -0.1) is 0 Å². The number of halogens is 1. The van der Waals surface area contributed by atoms with Crippen molar-refractivity contribution in [3.63, 3.8) is 0 Å². The van der Waals surface area contributed by atoms with Crippen LogP contribution in [0.4, 0.5) is 17.2 Å². The van der Waals surface area contributed by atoms with E-state index in [1.54, 1.807) is 30.3 Å². The van der Waals surface area contributed by atoms with E-state index in [-0.39, 0.29) is 30.7 Å². The lowest BCUT2D eigenvalue weighted by atomic mass is 10.1. The van der Waals surface area contributed by atoms with Gasteiger partial charge in [-0.05, 0) is 55.8 Å². The first-order valence-electron chi connectivity index (χ1n) is 10.0. The second kappa shape index (κ2) is 9.27. The quantitative estimate of drug-likeness (QED) is 0.475. The number of rotatable bonds is 7. The fourth-order valence-electron chi connectivity index (χ4n) is 3.39. The zero-order chi connectivity index (χ0) is 22.7. The first kappa shape index (κ1) is 21.6. The molecule has 2 N–H and O–H groups in total. The number of aromatic nitrogens is 2. The number of nitrogens with zero attached hydrogens (tertiary/aromatic N) is 3. The van der Waals surface area contributed by atoms with Gasteiger partial charge in [-0.25, -0.2) is 9.97 Å². The zero-order valence-electron chi connectivity index (χ0n) is 17.3. The Kier molecular flexibility index (Phi) is 6.27. The van der Waals surface area contributed by atoms with Gasteiger partial charge in [0.15, 0.2) is 0 Å². The van der Waals surface area contributed by atoms with Crippen LogP contribution in [0.2, 0.25) is 0 Å². The van der Waals surface area contributed by atoms with Crippen LogP contribution < -0.4 is 10.6 Å². The van der Waals surface area contributed by atoms with Crippen molar-refractivity contribution in [3.8, 4) is 0 Å². The molecule has 1 aliphatic rings. The summed E-state index contributed by atoms with van der Waals surface area (Å²) in [5.74, 6) is -0.139. The average molecular weight is 494 g/mol. The molecular weight excluding hydrogens is 474 g/mol. The minimum atomic E-state index is -0.325. The van der Waals surface area contributed by atoms with Crippen LogP contribution in [0, 0.1) is 6.92 Å². The van der Waals surface area contributed by atoms with Gasteiger partial charge in [-0.2, -0.15) is 0 Å². The molecule has 4 rings (SSSR count). The van der Waals surface area contributed by atoms with Gasteiger partial charge in [0.25, 0.3) is 11.8 Å².